The molecule has 0 atom stereocenters. The fourth-order valence-electron chi connectivity index (χ4n) is 2.51. The van der Waals surface area contributed by atoms with E-state index in [2.05, 4.69) is 11.4 Å². The Morgan fingerprint density at radius 1 is 1.08 bits per heavy atom. The lowest BCUT2D eigenvalue weighted by atomic mass is 10.1. The molecule has 0 saturated heterocycles. The largest absolute Gasteiger partial charge is 0.352 e. The molecule has 2 rings (SSSR count). The minimum absolute atomic E-state index is 0.0352. The van der Waals surface area contributed by atoms with E-state index in [1.807, 2.05) is 37.3 Å². The summed E-state index contributed by atoms with van der Waals surface area (Å²) < 4.78 is 0. The third-order valence-electron chi connectivity index (χ3n) is 3.91. The number of nitrogens with zero attached hydrogens (tertiary/aromatic N) is 1. The van der Waals surface area contributed by atoms with Crippen LogP contribution in [-0.4, -0.2) is 23.3 Å². The van der Waals surface area contributed by atoms with Crippen LogP contribution in [0.5, 0.6) is 0 Å². The number of amides is 2. The van der Waals surface area contributed by atoms with E-state index in [9.17, 15) is 9.59 Å². The summed E-state index contributed by atoms with van der Waals surface area (Å²) in [5.41, 5.74) is 3.21. The summed E-state index contributed by atoms with van der Waals surface area (Å²) >= 11 is 5.84. The second-order valence-corrected chi connectivity index (χ2v) is 6.52. The molecule has 0 spiro atoms. The first-order valence-corrected chi connectivity index (χ1v) is 8.64. The Kier molecular flexibility index (Phi) is 7.02. The van der Waals surface area contributed by atoms with E-state index >= 15 is 0 Å². The lowest BCUT2D eigenvalue weighted by Crippen LogP contribution is -2.33. The number of halogens is 1. The van der Waals surface area contributed by atoms with Gasteiger partial charge in [-0.25, -0.2) is 0 Å². The normalized spacial score (nSPS) is 10.4. The van der Waals surface area contributed by atoms with Crippen molar-refractivity contribution in [1.82, 2.24) is 10.2 Å². The van der Waals surface area contributed by atoms with Gasteiger partial charge in [-0.1, -0.05) is 53.6 Å². The minimum atomic E-state index is -0.0783. The highest BCUT2D eigenvalue weighted by Gasteiger charge is 2.12. The van der Waals surface area contributed by atoms with Crippen molar-refractivity contribution in [1.29, 1.82) is 0 Å². The number of benzene rings is 2. The van der Waals surface area contributed by atoms with Gasteiger partial charge in [0.15, 0.2) is 0 Å². The Bertz CT molecular complexity index is 729. The van der Waals surface area contributed by atoms with E-state index in [1.165, 1.54) is 6.92 Å². The zero-order valence-corrected chi connectivity index (χ0v) is 15.3. The first-order chi connectivity index (χ1) is 11.9. The molecule has 0 radical (unpaired) electrons. The van der Waals surface area contributed by atoms with Gasteiger partial charge in [0.2, 0.25) is 11.8 Å². The van der Waals surface area contributed by atoms with Gasteiger partial charge in [0.05, 0.1) is 0 Å². The predicted octanol–water partition coefficient (Wildman–Crippen LogP) is 3.70. The number of hydrogen-bond donors (Lipinski definition) is 1. The summed E-state index contributed by atoms with van der Waals surface area (Å²) in [4.78, 5) is 25.6. The second-order valence-electron chi connectivity index (χ2n) is 6.08. The van der Waals surface area contributed by atoms with E-state index in [1.54, 1.807) is 17.0 Å². The molecule has 0 aromatic heterocycles. The van der Waals surface area contributed by atoms with Gasteiger partial charge >= 0.3 is 0 Å². The summed E-state index contributed by atoms with van der Waals surface area (Å²) in [5.74, 6) is -0.113. The van der Waals surface area contributed by atoms with Gasteiger partial charge in [-0.05, 0) is 30.2 Å². The van der Waals surface area contributed by atoms with Crippen molar-refractivity contribution in [3.63, 3.8) is 0 Å². The molecule has 0 unspecified atom stereocenters. The number of rotatable bonds is 7. The number of nitrogens with one attached hydrogen (secondary N) is 1. The molecule has 0 aliphatic rings. The van der Waals surface area contributed by atoms with Gasteiger partial charge in [0.1, 0.15) is 0 Å². The average molecular weight is 359 g/mol. The Morgan fingerprint density at radius 3 is 2.44 bits per heavy atom. The van der Waals surface area contributed by atoms with E-state index in [0.717, 1.165) is 16.7 Å². The summed E-state index contributed by atoms with van der Waals surface area (Å²) in [5, 5.41) is 3.54. The first-order valence-electron chi connectivity index (χ1n) is 8.26. The summed E-state index contributed by atoms with van der Waals surface area (Å²) in [6.07, 6.45) is 0.277. The zero-order valence-electron chi connectivity index (χ0n) is 14.6. The van der Waals surface area contributed by atoms with Crippen LogP contribution in [-0.2, 0) is 22.7 Å². The van der Waals surface area contributed by atoms with Crippen LogP contribution in [0.25, 0.3) is 0 Å². The third kappa shape index (κ3) is 6.59. The van der Waals surface area contributed by atoms with E-state index < -0.39 is 0 Å². The van der Waals surface area contributed by atoms with Gasteiger partial charge < -0.3 is 10.2 Å². The smallest absolute Gasteiger partial charge is 0.222 e. The van der Waals surface area contributed by atoms with Crippen LogP contribution < -0.4 is 5.32 Å². The number of carbonyl (C=O) groups is 2. The lowest BCUT2D eigenvalue weighted by molar-refractivity contribution is -0.130. The molecule has 4 nitrogen and oxygen atoms in total. The molecular weight excluding hydrogens is 336 g/mol. The fourth-order valence-corrected chi connectivity index (χ4v) is 2.63. The summed E-state index contributed by atoms with van der Waals surface area (Å²) in [6.45, 7) is 4.92. The van der Waals surface area contributed by atoms with Gasteiger partial charge in [-0.2, -0.15) is 0 Å². The van der Waals surface area contributed by atoms with Crippen LogP contribution in [0.2, 0.25) is 5.02 Å². The SMILES string of the molecule is CC(=O)N(CCC(=O)NCc1ccc(Cl)cc1)Cc1cccc(C)c1. The molecular formula is C20H23ClN2O2. The summed E-state index contributed by atoms with van der Waals surface area (Å²) in [7, 11) is 0. The van der Waals surface area contributed by atoms with E-state index in [0.29, 0.717) is 24.7 Å². The average Bonchev–Trinajstić information content (AvgIpc) is 2.58. The Hall–Kier alpha value is -2.33. The number of carbonyl (C=O) groups excluding carboxylic acids is 2. The standard InChI is InChI=1S/C20H23ClN2O2/c1-15-4-3-5-18(12-15)14-23(16(2)24)11-10-20(25)22-13-17-6-8-19(21)9-7-17/h3-9,12H,10-11,13-14H2,1-2H3,(H,22,25). The third-order valence-corrected chi connectivity index (χ3v) is 4.16. The molecule has 0 aliphatic heterocycles. The van der Waals surface area contributed by atoms with Crippen LogP contribution in [0.4, 0.5) is 0 Å². The van der Waals surface area contributed by atoms with Gasteiger partial charge in [0, 0.05) is 38.0 Å². The van der Waals surface area contributed by atoms with Crippen LogP contribution in [0.1, 0.15) is 30.0 Å². The first kappa shape index (κ1) is 19.0. The van der Waals surface area contributed by atoms with Gasteiger partial charge in [-0.15, -0.1) is 0 Å². The van der Waals surface area contributed by atoms with Crippen molar-refractivity contribution >= 4 is 23.4 Å². The van der Waals surface area contributed by atoms with Crippen molar-refractivity contribution in [3.05, 3.63) is 70.2 Å². The second kappa shape index (κ2) is 9.23. The lowest BCUT2D eigenvalue weighted by Gasteiger charge is -2.21. The highest BCUT2D eigenvalue weighted by Crippen LogP contribution is 2.10. The maximum absolute atomic E-state index is 12.0. The molecule has 0 aliphatic carbocycles. The molecule has 0 bridgehead atoms. The highest BCUT2D eigenvalue weighted by atomic mass is 35.5. The maximum atomic E-state index is 12.0. The Labute approximate surface area is 153 Å². The quantitative estimate of drug-likeness (QED) is 0.820. The van der Waals surface area contributed by atoms with Crippen molar-refractivity contribution < 1.29 is 9.59 Å². The van der Waals surface area contributed by atoms with Crippen molar-refractivity contribution in [3.8, 4) is 0 Å². The van der Waals surface area contributed by atoms with Crippen molar-refractivity contribution in [2.24, 2.45) is 0 Å². The predicted molar refractivity (Wildman–Crippen MR) is 100 cm³/mol. The van der Waals surface area contributed by atoms with Gasteiger partial charge in [-0.3, -0.25) is 9.59 Å². The molecule has 25 heavy (non-hydrogen) atoms. The zero-order chi connectivity index (χ0) is 18.2. The maximum Gasteiger partial charge on any atom is 0.222 e. The molecule has 132 valence electrons. The van der Waals surface area contributed by atoms with E-state index in [-0.39, 0.29) is 18.2 Å². The monoisotopic (exact) mass is 358 g/mol. The van der Waals surface area contributed by atoms with Crippen molar-refractivity contribution in [2.75, 3.05) is 6.54 Å². The Morgan fingerprint density at radius 2 is 1.80 bits per heavy atom. The topological polar surface area (TPSA) is 49.4 Å². The number of hydrogen-bond acceptors (Lipinski definition) is 2. The Balaban J connectivity index is 1.82. The van der Waals surface area contributed by atoms with Crippen LogP contribution in [0.3, 0.4) is 0 Å². The van der Waals surface area contributed by atoms with Gasteiger partial charge in [0.25, 0.3) is 0 Å². The molecule has 2 aromatic rings. The number of aryl methyl sites for hydroxylation is 1. The van der Waals surface area contributed by atoms with Crippen LogP contribution >= 0.6 is 11.6 Å². The summed E-state index contributed by atoms with van der Waals surface area (Å²) in [6, 6.07) is 15.4. The molecule has 2 aromatic carbocycles. The molecule has 2 amide bonds. The van der Waals surface area contributed by atoms with Crippen molar-refractivity contribution in [2.45, 2.75) is 33.4 Å². The molecule has 0 heterocycles. The minimum Gasteiger partial charge on any atom is -0.352 e. The molecule has 0 fully saturated rings. The molecule has 1 N–H and O–H groups in total. The van der Waals surface area contributed by atoms with Crippen LogP contribution in [0, 0.1) is 6.92 Å². The fraction of sp³-hybridized carbons (Fsp3) is 0.300. The van der Waals surface area contributed by atoms with E-state index in [4.69, 9.17) is 11.6 Å². The van der Waals surface area contributed by atoms with Crippen LogP contribution in [0.15, 0.2) is 48.5 Å². The molecule has 0 saturated carbocycles. The molecule has 5 heteroatoms. The highest BCUT2D eigenvalue weighted by molar-refractivity contribution is 6.30.